The molecule has 2 rings (SSSR count). The van der Waals surface area contributed by atoms with Gasteiger partial charge in [0.25, 0.3) is 0 Å². The number of aromatic hydroxyl groups is 1. The Morgan fingerprint density at radius 1 is 1.36 bits per heavy atom. The summed E-state index contributed by atoms with van der Waals surface area (Å²) >= 11 is 3.39. The molecule has 25 heavy (non-hydrogen) atoms. The van der Waals surface area contributed by atoms with E-state index >= 15 is 0 Å². The number of hydrogen-bond donors (Lipinski definition) is 1. The number of carbonyl (C=O) groups is 1. The van der Waals surface area contributed by atoms with Gasteiger partial charge in [0.05, 0.1) is 18.2 Å². The van der Waals surface area contributed by atoms with Crippen LogP contribution in [0.1, 0.15) is 28.6 Å². The molecule has 0 saturated carbocycles. The Balaban J connectivity index is 2.35. The third-order valence-corrected chi connectivity index (χ3v) is 3.86. The van der Waals surface area contributed by atoms with Crippen LogP contribution in [0.15, 0.2) is 38.0 Å². The molecule has 0 radical (unpaired) electrons. The number of allylic oxidation sites excluding steroid dienone is 1. The van der Waals surface area contributed by atoms with E-state index in [0.717, 1.165) is 0 Å². The van der Waals surface area contributed by atoms with Gasteiger partial charge in [0.1, 0.15) is 17.1 Å². The monoisotopic (exact) mass is 408 g/mol. The van der Waals surface area contributed by atoms with Crippen LogP contribution in [0.3, 0.4) is 0 Å². The van der Waals surface area contributed by atoms with Crippen molar-refractivity contribution in [3.8, 4) is 17.2 Å². The summed E-state index contributed by atoms with van der Waals surface area (Å²) in [4.78, 5) is 24.0. The Labute approximate surface area is 152 Å². The van der Waals surface area contributed by atoms with Gasteiger partial charge in [0.15, 0.2) is 17.3 Å². The average molecular weight is 409 g/mol. The molecule has 0 aliphatic carbocycles. The largest absolute Gasteiger partial charge is 0.507 e. The van der Waals surface area contributed by atoms with Crippen molar-refractivity contribution >= 4 is 27.8 Å². The fraction of sp³-hybridized carbons (Fsp3) is 0.222. The van der Waals surface area contributed by atoms with Crippen LogP contribution in [0, 0.1) is 6.92 Å². The molecule has 1 aromatic heterocycles. The Kier molecular flexibility index (Phi) is 6.03. The van der Waals surface area contributed by atoms with E-state index in [2.05, 4.69) is 15.9 Å². The van der Waals surface area contributed by atoms with Gasteiger partial charge < -0.3 is 19.0 Å². The number of methoxy groups -OCH3 is 1. The van der Waals surface area contributed by atoms with Crippen molar-refractivity contribution in [1.29, 1.82) is 0 Å². The lowest BCUT2D eigenvalue weighted by Crippen LogP contribution is -2.12. The fourth-order valence-electron chi connectivity index (χ4n) is 2.20. The van der Waals surface area contributed by atoms with E-state index in [1.54, 1.807) is 12.1 Å². The maximum Gasteiger partial charge on any atom is 0.351 e. The first kappa shape index (κ1) is 18.8. The molecule has 0 bridgehead atoms. The van der Waals surface area contributed by atoms with Crippen LogP contribution in [0.25, 0.3) is 6.08 Å². The zero-order chi connectivity index (χ0) is 18.6. The highest BCUT2D eigenvalue weighted by atomic mass is 79.9. The average Bonchev–Trinajstić information content (AvgIpc) is 2.54. The number of carbonyl (C=O) groups excluding carboxylic acids is 1. The summed E-state index contributed by atoms with van der Waals surface area (Å²) in [6, 6.07) is 4.66. The van der Waals surface area contributed by atoms with Gasteiger partial charge in [-0.15, -0.1) is 0 Å². The molecule has 2 aromatic rings. The number of halogens is 1. The molecule has 0 saturated heterocycles. The van der Waals surface area contributed by atoms with E-state index in [9.17, 15) is 14.7 Å². The summed E-state index contributed by atoms with van der Waals surface area (Å²) < 4.78 is 16.3. The molecule has 0 aliphatic heterocycles. The van der Waals surface area contributed by atoms with E-state index < -0.39 is 22.7 Å². The maximum atomic E-state index is 12.2. The van der Waals surface area contributed by atoms with Gasteiger partial charge in [0, 0.05) is 6.07 Å². The van der Waals surface area contributed by atoms with Crippen molar-refractivity contribution in [3.63, 3.8) is 0 Å². The minimum atomic E-state index is -0.877. The Morgan fingerprint density at radius 2 is 2.08 bits per heavy atom. The number of aryl methyl sites for hydroxylation is 1. The van der Waals surface area contributed by atoms with Crippen LogP contribution in [0.4, 0.5) is 0 Å². The number of hydrogen-bond acceptors (Lipinski definition) is 6. The molecule has 0 atom stereocenters. The first-order valence-electron chi connectivity index (χ1n) is 7.43. The predicted octanol–water partition coefficient (Wildman–Crippen LogP) is 3.72. The highest BCUT2D eigenvalue weighted by Crippen LogP contribution is 2.37. The molecule has 0 unspecified atom stereocenters. The first-order chi connectivity index (χ1) is 11.9. The summed E-state index contributed by atoms with van der Waals surface area (Å²) in [5.74, 6) is 0.221. The van der Waals surface area contributed by atoms with Crippen LogP contribution >= 0.6 is 15.9 Å². The molecule has 0 spiro atoms. The Hall–Kier alpha value is -2.54. The van der Waals surface area contributed by atoms with Crippen LogP contribution in [0.2, 0.25) is 0 Å². The van der Waals surface area contributed by atoms with Gasteiger partial charge in [-0.25, -0.2) is 4.79 Å². The van der Waals surface area contributed by atoms with E-state index in [0.29, 0.717) is 28.1 Å². The van der Waals surface area contributed by atoms with Crippen molar-refractivity contribution in [3.05, 3.63) is 56.1 Å². The number of benzene rings is 1. The van der Waals surface area contributed by atoms with Crippen LogP contribution in [0.5, 0.6) is 17.2 Å². The SMILES string of the molecule is CCOc1c(Br)cc(/C=C/C(=O)c2c(O)cc(C)oc2=O)cc1OC. The third-order valence-electron chi connectivity index (χ3n) is 3.27. The molecular formula is C18H17BrO6. The van der Waals surface area contributed by atoms with Crippen LogP contribution in [-0.4, -0.2) is 24.6 Å². The van der Waals surface area contributed by atoms with Gasteiger partial charge in [-0.05, 0) is 53.5 Å². The third kappa shape index (κ3) is 4.30. The first-order valence-corrected chi connectivity index (χ1v) is 8.23. The summed E-state index contributed by atoms with van der Waals surface area (Å²) in [6.45, 7) is 3.85. The molecule has 1 heterocycles. The second-order valence-corrected chi connectivity index (χ2v) is 5.92. The van der Waals surface area contributed by atoms with Crippen molar-refractivity contribution in [2.75, 3.05) is 13.7 Å². The number of rotatable bonds is 6. The Morgan fingerprint density at radius 3 is 2.68 bits per heavy atom. The lowest BCUT2D eigenvalue weighted by atomic mass is 10.1. The molecule has 1 aromatic carbocycles. The second-order valence-electron chi connectivity index (χ2n) is 5.07. The zero-order valence-corrected chi connectivity index (χ0v) is 15.5. The van der Waals surface area contributed by atoms with Crippen molar-refractivity contribution in [2.45, 2.75) is 13.8 Å². The van der Waals surface area contributed by atoms with Crippen LogP contribution in [-0.2, 0) is 0 Å². The summed E-state index contributed by atoms with van der Waals surface area (Å²) in [7, 11) is 1.51. The maximum absolute atomic E-state index is 12.2. The standard InChI is InChI=1S/C18H17BrO6/c1-4-24-17-12(19)8-11(9-15(17)23-3)5-6-13(20)16-14(21)7-10(2)25-18(16)22/h5-9,21H,4H2,1-3H3/b6-5+. The molecule has 7 heteroatoms. The summed E-state index contributed by atoms with van der Waals surface area (Å²) in [6.07, 6.45) is 2.69. The highest BCUT2D eigenvalue weighted by Gasteiger charge is 2.16. The topological polar surface area (TPSA) is 86.0 Å². The van der Waals surface area contributed by atoms with Crippen LogP contribution < -0.4 is 15.1 Å². The normalized spacial score (nSPS) is 10.9. The molecule has 132 valence electrons. The van der Waals surface area contributed by atoms with E-state index in [1.807, 2.05) is 6.92 Å². The second kappa shape index (κ2) is 8.02. The summed E-state index contributed by atoms with van der Waals surface area (Å²) in [5.41, 5.74) is -0.632. The molecule has 1 N–H and O–H groups in total. The molecule has 0 aliphatic rings. The van der Waals surface area contributed by atoms with Gasteiger partial charge in [-0.3, -0.25) is 4.79 Å². The smallest absolute Gasteiger partial charge is 0.351 e. The number of ether oxygens (including phenoxy) is 2. The fourth-order valence-corrected chi connectivity index (χ4v) is 2.77. The lowest BCUT2D eigenvalue weighted by Gasteiger charge is -2.12. The molecule has 0 amide bonds. The summed E-state index contributed by atoms with van der Waals surface area (Å²) in [5, 5.41) is 9.80. The quantitative estimate of drug-likeness (QED) is 0.578. The minimum Gasteiger partial charge on any atom is -0.507 e. The predicted molar refractivity (Wildman–Crippen MR) is 96.6 cm³/mol. The van der Waals surface area contributed by atoms with Gasteiger partial charge in [0.2, 0.25) is 0 Å². The Bertz CT molecular complexity index is 882. The van der Waals surface area contributed by atoms with Gasteiger partial charge >= 0.3 is 5.63 Å². The van der Waals surface area contributed by atoms with E-state index in [4.69, 9.17) is 13.9 Å². The molecule has 6 nitrogen and oxygen atoms in total. The van der Waals surface area contributed by atoms with Crippen molar-refractivity contribution in [2.24, 2.45) is 0 Å². The van der Waals surface area contributed by atoms with E-state index in [1.165, 1.54) is 32.3 Å². The molecule has 0 fully saturated rings. The highest BCUT2D eigenvalue weighted by molar-refractivity contribution is 9.10. The molecular weight excluding hydrogens is 392 g/mol. The van der Waals surface area contributed by atoms with E-state index in [-0.39, 0.29) is 5.76 Å². The van der Waals surface area contributed by atoms with Crippen molar-refractivity contribution in [1.82, 2.24) is 0 Å². The van der Waals surface area contributed by atoms with Gasteiger partial charge in [-0.1, -0.05) is 6.08 Å². The number of ketones is 1. The van der Waals surface area contributed by atoms with Crippen molar-refractivity contribution < 1.29 is 23.8 Å². The van der Waals surface area contributed by atoms with Gasteiger partial charge in [-0.2, -0.15) is 0 Å². The minimum absolute atomic E-state index is 0.225. The lowest BCUT2D eigenvalue weighted by molar-refractivity contribution is 0.104. The zero-order valence-electron chi connectivity index (χ0n) is 14.0.